The Labute approximate surface area is 167 Å². The van der Waals surface area contributed by atoms with Gasteiger partial charge in [0.25, 0.3) is 5.69 Å². The SMILES string of the molecule is CCC(CC)C(CNC(=NC)NCc1ccccc1[N+](=O)[O-])N1CCOCC1. The molecule has 156 valence electrons. The summed E-state index contributed by atoms with van der Waals surface area (Å²) in [7, 11) is 1.72. The predicted molar refractivity (Wildman–Crippen MR) is 112 cm³/mol. The zero-order valence-corrected chi connectivity index (χ0v) is 17.2. The van der Waals surface area contributed by atoms with Gasteiger partial charge in [-0.25, -0.2) is 0 Å². The maximum atomic E-state index is 11.2. The first-order chi connectivity index (χ1) is 13.6. The molecule has 1 aliphatic heterocycles. The first-order valence-electron chi connectivity index (χ1n) is 10.1. The maximum Gasteiger partial charge on any atom is 0.274 e. The van der Waals surface area contributed by atoms with Gasteiger partial charge in [-0.1, -0.05) is 44.9 Å². The number of nitrogens with zero attached hydrogens (tertiary/aromatic N) is 3. The number of rotatable bonds is 9. The summed E-state index contributed by atoms with van der Waals surface area (Å²) in [6.45, 7) is 9.07. The second kappa shape index (κ2) is 11.6. The molecule has 1 saturated heterocycles. The van der Waals surface area contributed by atoms with Crippen molar-refractivity contribution in [3.63, 3.8) is 0 Å². The van der Waals surface area contributed by atoms with Crippen molar-refractivity contribution in [2.24, 2.45) is 10.9 Å². The Morgan fingerprint density at radius 2 is 1.93 bits per heavy atom. The summed E-state index contributed by atoms with van der Waals surface area (Å²) in [5.41, 5.74) is 0.758. The highest BCUT2D eigenvalue weighted by atomic mass is 16.6. The number of guanidine groups is 1. The van der Waals surface area contributed by atoms with E-state index in [0.717, 1.165) is 45.7 Å². The predicted octanol–water partition coefficient (Wildman–Crippen LogP) is 2.40. The van der Waals surface area contributed by atoms with E-state index >= 15 is 0 Å². The Morgan fingerprint density at radius 1 is 1.25 bits per heavy atom. The van der Waals surface area contributed by atoms with Gasteiger partial charge < -0.3 is 15.4 Å². The average Bonchev–Trinajstić information content (AvgIpc) is 2.73. The minimum Gasteiger partial charge on any atom is -0.379 e. The summed E-state index contributed by atoms with van der Waals surface area (Å²) in [5, 5.41) is 17.8. The summed E-state index contributed by atoms with van der Waals surface area (Å²) >= 11 is 0. The van der Waals surface area contributed by atoms with Crippen LogP contribution in [0.5, 0.6) is 0 Å². The van der Waals surface area contributed by atoms with Crippen LogP contribution in [-0.4, -0.2) is 61.7 Å². The van der Waals surface area contributed by atoms with Gasteiger partial charge >= 0.3 is 0 Å². The van der Waals surface area contributed by atoms with Crippen LogP contribution in [0.3, 0.4) is 0 Å². The standard InChI is InChI=1S/C20H33N5O3/c1-4-16(5-2)19(24-10-12-28-13-11-24)15-23-20(21-3)22-14-17-8-6-7-9-18(17)25(26)27/h6-9,16,19H,4-5,10-15H2,1-3H3,(H2,21,22,23). The van der Waals surface area contributed by atoms with Crippen molar-refractivity contribution < 1.29 is 9.66 Å². The molecule has 0 bridgehead atoms. The van der Waals surface area contributed by atoms with E-state index in [4.69, 9.17) is 4.74 Å². The molecule has 2 N–H and O–H groups in total. The molecule has 0 aromatic heterocycles. The van der Waals surface area contributed by atoms with Crippen LogP contribution in [-0.2, 0) is 11.3 Å². The van der Waals surface area contributed by atoms with Crippen molar-refractivity contribution in [3.05, 3.63) is 39.9 Å². The lowest BCUT2D eigenvalue weighted by atomic mass is 9.92. The molecule has 28 heavy (non-hydrogen) atoms. The molecule has 0 saturated carbocycles. The van der Waals surface area contributed by atoms with Gasteiger partial charge in [0.05, 0.1) is 18.1 Å². The number of para-hydroxylation sites is 1. The van der Waals surface area contributed by atoms with Gasteiger partial charge in [-0.3, -0.25) is 20.0 Å². The molecule has 1 fully saturated rings. The van der Waals surface area contributed by atoms with Crippen LogP contribution in [0.25, 0.3) is 0 Å². The Kier molecular flexibility index (Phi) is 9.16. The number of nitrogens with one attached hydrogen (secondary N) is 2. The number of morpholine rings is 1. The van der Waals surface area contributed by atoms with Crippen LogP contribution in [0, 0.1) is 16.0 Å². The molecule has 8 heteroatoms. The third kappa shape index (κ3) is 6.17. The monoisotopic (exact) mass is 391 g/mol. The normalized spacial score (nSPS) is 16.8. The molecule has 1 heterocycles. The number of hydrogen-bond acceptors (Lipinski definition) is 5. The molecule has 0 aliphatic carbocycles. The lowest BCUT2D eigenvalue weighted by Crippen LogP contribution is -2.53. The Bertz CT molecular complexity index is 642. The molecule has 1 atom stereocenters. The first kappa shape index (κ1) is 22.1. The first-order valence-corrected chi connectivity index (χ1v) is 10.1. The third-order valence-electron chi connectivity index (χ3n) is 5.44. The van der Waals surface area contributed by atoms with Gasteiger partial charge in [0, 0.05) is 50.9 Å². The van der Waals surface area contributed by atoms with Crippen LogP contribution < -0.4 is 10.6 Å². The molecule has 8 nitrogen and oxygen atoms in total. The van der Waals surface area contributed by atoms with Gasteiger partial charge in [0.1, 0.15) is 0 Å². The second-order valence-electron chi connectivity index (χ2n) is 6.98. The Balaban J connectivity index is 1.97. The molecule has 0 amide bonds. The number of hydrogen-bond donors (Lipinski definition) is 2. The van der Waals surface area contributed by atoms with Crippen molar-refractivity contribution in [2.75, 3.05) is 39.9 Å². The van der Waals surface area contributed by atoms with Crippen molar-refractivity contribution in [1.82, 2.24) is 15.5 Å². The number of aliphatic imine (C=N–C) groups is 1. The number of ether oxygens (including phenoxy) is 1. The van der Waals surface area contributed by atoms with E-state index in [1.807, 2.05) is 6.07 Å². The van der Waals surface area contributed by atoms with E-state index in [2.05, 4.69) is 34.4 Å². The summed E-state index contributed by atoms with van der Waals surface area (Å²) in [5.74, 6) is 1.25. The highest BCUT2D eigenvalue weighted by Crippen LogP contribution is 2.20. The average molecular weight is 392 g/mol. The van der Waals surface area contributed by atoms with Crippen LogP contribution >= 0.6 is 0 Å². The van der Waals surface area contributed by atoms with E-state index in [9.17, 15) is 10.1 Å². The zero-order valence-electron chi connectivity index (χ0n) is 17.2. The smallest absolute Gasteiger partial charge is 0.274 e. The molecular weight excluding hydrogens is 358 g/mol. The Morgan fingerprint density at radius 3 is 2.54 bits per heavy atom. The lowest BCUT2D eigenvalue weighted by molar-refractivity contribution is -0.385. The van der Waals surface area contributed by atoms with E-state index in [0.29, 0.717) is 30.0 Å². The van der Waals surface area contributed by atoms with Gasteiger partial charge in [0.2, 0.25) is 0 Å². The van der Waals surface area contributed by atoms with Crippen molar-refractivity contribution in [2.45, 2.75) is 39.3 Å². The molecule has 0 radical (unpaired) electrons. The quantitative estimate of drug-likeness (QED) is 0.291. The highest BCUT2D eigenvalue weighted by Gasteiger charge is 2.27. The molecule has 0 spiro atoms. The van der Waals surface area contributed by atoms with Crippen LogP contribution in [0.4, 0.5) is 5.69 Å². The fourth-order valence-corrected chi connectivity index (χ4v) is 3.78. The minimum absolute atomic E-state index is 0.119. The molecule has 1 aromatic carbocycles. The van der Waals surface area contributed by atoms with E-state index < -0.39 is 0 Å². The van der Waals surface area contributed by atoms with Gasteiger partial charge in [-0.05, 0) is 5.92 Å². The van der Waals surface area contributed by atoms with Gasteiger partial charge in [-0.2, -0.15) is 0 Å². The summed E-state index contributed by atoms with van der Waals surface area (Å²) < 4.78 is 5.51. The van der Waals surface area contributed by atoms with Crippen LogP contribution in [0.2, 0.25) is 0 Å². The molecule has 1 aliphatic rings. The maximum absolute atomic E-state index is 11.2. The zero-order chi connectivity index (χ0) is 20.4. The largest absolute Gasteiger partial charge is 0.379 e. The summed E-state index contributed by atoms with van der Waals surface area (Å²) in [6, 6.07) is 7.18. The highest BCUT2D eigenvalue weighted by molar-refractivity contribution is 5.79. The third-order valence-corrected chi connectivity index (χ3v) is 5.44. The summed E-state index contributed by atoms with van der Waals surface area (Å²) in [6.07, 6.45) is 2.25. The lowest BCUT2D eigenvalue weighted by Gasteiger charge is -2.39. The summed E-state index contributed by atoms with van der Waals surface area (Å²) in [4.78, 5) is 17.6. The van der Waals surface area contributed by atoms with Crippen molar-refractivity contribution >= 4 is 11.6 Å². The van der Waals surface area contributed by atoms with Crippen molar-refractivity contribution in [3.8, 4) is 0 Å². The Hall–Kier alpha value is -2.19. The number of benzene rings is 1. The second-order valence-corrected chi connectivity index (χ2v) is 6.98. The fraction of sp³-hybridized carbons (Fsp3) is 0.650. The molecule has 1 aromatic rings. The number of nitro benzene ring substituents is 1. The van der Waals surface area contributed by atoms with Crippen molar-refractivity contribution in [1.29, 1.82) is 0 Å². The van der Waals surface area contributed by atoms with Gasteiger partial charge in [0.15, 0.2) is 5.96 Å². The fourth-order valence-electron chi connectivity index (χ4n) is 3.78. The minimum atomic E-state index is -0.352. The number of nitro groups is 1. The van der Waals surface area contributed by atoms with E-state index in [1.165, 1.54) is 6.07 Å². The molecule has 2 rings (SSSR count). The van der Waals surface area contributed by atoms with E-state index in [-0.39, 0.29) is 10.6 Å². The topological polar surface area (TPSA) is 92.0 Å². The molecular formula is C20H33N5O3. The molecule has 1 unspecified atom stereocenters. The van der Waals surface area contributed by atoms with E-state index in [1.54, 1.807) is 19.2 Å². The van der Waals surface area contributed by atoms with Crippen LogP contribution in [0.15, 0.2) is 29.3 Å². The van der Waals surface area contributed by atoms with Crippen LogP contribution in [0.1, 0.15) is 32.3 Å². The van der Waals surface area contributed by atoms with Gasteiger partial charge in [-0.15, -0.1) is 0 Å².